The molecule has 1 aromatic rings. The fourth-order valence-corrected chi connectivity index (χ4v) is 3.11. The summed E-state index contributed by atoms with van der Waals surface area (Å²) in [6, 6.07) is 6.43. The van der Waals surface area contributed by atoms with Gasteiger partial charge in [-0.05, 0) is 46.9 Å². The number of amides is 1. The summed E-state index contributed by atoms with van der Waals surface area (Å²) in [5, 5.41) is 9.02. The number of carboxylic acids is 1. The van der Waals surface area contributed by atoms with Gasteiger partial charge in [0.05, 0.1) is 5.88 Å². The quantitative estimate of drug-likeness (QED) is 0.816. The molecule has 1 heterocycles. The van der Waals surface area contributed by atoms with Crippen LogP contribution in [0.15, 0.2) is 24.3 Å². The second kappa shape index (κ2) is 5.26. The highest BCUT2D eigenvalue weighted by Gasteiger charge is 2.34. The Kier molecular flexibility index (Phi) is 3.93. The van der Waals surface area contributed by atoms with E-state index in [-0.39, 0.29) is 5.91 Å². The maximum absolute atomic E-state index is 12.1. The zero-order chi connectivity index (χ0) is 12.4. The molecule has 0 spiro atoms. The van der Waals surface area contributed by atoms with Crippen molar-refractivity contribution in [3.05, 3.63) is 33.4 Å². The van der Waals surface area contributed by atoms with Crippen molar-refractivity contribution in [2.75, 3.05) is 11.6 Å². The Labute approximate surface area is 117 Å². The lowest BCUT2D eigenvalue weighted by Gasteiger charge is -2.20. The van der Waals surface area contributed by atoms with Crippen LogP contribution >= 0.6 is 34.4 Å². The first-order valence-electron chi connectivity index (χ1n) is 4.96. The Morgan fingerprint density at radius 3 is 2.59 bits per heavy atom. The van der Waals surface area contributed by atoms with Gasteiger partial charge in [-0.2, -0.15) is 0 Å². The van der Waals surface area contributed by atoms with Crippen molar-refractivity contribution in [2.24, 2.45) is 0 Å². The smallest absolute Gasteiger partial charge is 0.327 e. The van der Waals surface area contributed by atoms with Crippen LogP contribution in [0.25, 0.3) is 0 Å². The van der Waals surface area contributed by atoms with E-state index in [9.17, 15) is 9.59 Å². The zero-order valence-corrected chi connectivity index (χ0v) is 11.8. The normalized spacial score (nSPS) is 19.4. The van der Waals surface area contributed by atoms with Gasteiger partial charge in [0.2, 0.25) is 0 Å². The molecule has 1 saturated heterocycles. The highest BCUT2D eigenvalue weighted by Crippen LogP contribution is 2.23. The van der Waals surface area contributed by atoms with Gasteiger partial charge in [0.1, 0.15) is 6.04 Å². The van der Waals surface area contributed by atoms with Gasteiger partial charge in [0.25, 0.3) is 5.91 Å². The SMILES string of the molecule is O=C(O)C1CSCN1C(=O)c1ccc(I)cc1. The molecule has 1 aliphatic heterocycles. The van der Waals surface area contributed by atoms with Gasteiger partial charge in [-0.3, -0.25) is 4.79 Å². The number of rotatable bonds is 2. The zero-order valence-electron chi connectivity index (χ0n) is 8.80. The summed E-state index contributed by atoms with van der Waals surface area (Å²) in [7, 11) is 0. The number of carboxylic acid groups (broad SMARTS) is 1. The number of carbonyl (C=O) groups excluding carboxylic acids is 1. The van der Waals surface area contributed by atoms with Crippen LogP contribution in [0, 0.1) is 3.57 Å². The summed E-state index contributed by atoms with van der Waals surface area (Å²) in [6.45, 7) is 0. The monoisotopic (exact) mass is 363 g/mol. The molecule has 0 aliphatic carbocycles. The van der Waals surface area contributed by atoms with Crippen LogP contribution in [0.4, 0.5) is 0 Å². The molecular formula is C11H10INO3S. The molecule has 0 aromatic heterocycles. The minimum Gasteiger partial charge on any atom is -0.480 e. The number of aliphatic carboxylic acids is 1. The van der Waals surface area contributed by atoms with Crippen molar-refractivity contribution in [3.8, 4) is 0 Å². The molecule has 0 bridgehead atoms. The molecule has 1 unspecified atom stereocenters. The molecule has 0 saturated carbocycles. The maximum Gasteiger partial charge on any atom is 0.327 e. The van der Waals surface area contributed by atoms with Gasteiger partial charge in [-0.15, -0.1) is 11.8 Å². The van der Waals surface area contributed by atoms with Crippen LogP contribution in [-0.2, 0) is 4.79 Å². The Balaban J connectivity index is 2.19. The number of thioether (sulfide) groups is 1. The lowest BCUT2D eigenvalue weighted by molar-refractivity contribution is -0.140. The molecule has 6 heteroatoms. The first-order chi connectivity index (χ1) is 8.09. The van der Waals surface area contributed by atoms with E-state index in [2.05, 4.69) is 22.6 Å². The average molecular weight is 363 g/mol. The third-order valence-corrected chi connectivity index (χ3v) is 4.25. The van der Waals surface area contributed by atoms with Crippen LogP contribution < -0.4 is 0 Å². The molecule has 90 valence electrons. The van der Waals surface area contributed by atoms with E-state index >= 15 is 0 Å². The Morgan fingerprint density at radius 1 is 1.35 bits per heavy atom. The van der Waals surface area contributed by atoms with E-state index in [1.165, 1.54) is 16.7 Å². The highest BCUT2D eigenvalue weighted by atomic mass is 127. The Bertz CT molecular complexity index is 449. The number of hydrogen-bond donors (Lipinski definition) is 1. The number of hydrogen-bond acceptors (Lipinski definition) is 3. The predicted molar refractivity (Wildman–Crippen MR) is 74.1 cm³/mol. The minimum absolute atomic E-state index is 0.209. The van der Waals surface area contributed by atoms with Gasteiger partial charge < -0.3 is 10.0 Å². The largest absolute Gasteiger partial charge is 0.480 e. The third kappa shape index (κ3) is 2.74. The fourth-order valence-electron chi connectivity index (χ4n) is 1.61. The topological polar surface area (TPSA) is 57.6 Å². The third-order valence-electron chi connectivity index (χ3n) is 2.52. The first kappa shape index (κ1) is 12.7. The first-order valence-corrected chi connectivity index (χ1v) is 7.20. The van der Waals surface area contributed by atoms with Crippen molar-refractivity contribution in [1.82, 2.24) is 4.90 Å². The van der Waals surface area contributed by atoms with Crippen LogP contribution in [0.5, 0.6) is 0 Å². The number of nitrogens with zero attached hydrogens (tertiary/aromatic N) is 1. The van der Waals surface area contributed by atoms with E-state index < -0.39 is 12.0 Å². The molecule has 1 atom stereocenters. The molecule has 0 radical (unpaired) electrons. The summed E-state index contributed by atoms with van der Waals surface area (Å²) in [6.07, 6.45) is 0. The number of carbonyl (C=O) groups is 2. The van der Waals surface area contributed by atoms with Gasteiger partial charge in [-0.25, -0.2) is 4.79 Å². The summed E-state index contributed by atoms with van der Waals surface area (Å²) in [5.41, 5.74) is 0.541. The number of benzene rings is 1. The summed E-state index contributed by atoms with van der Waals surface area (Å²) >= 11 is 3.63. The van der Waals surface area contributed by atoms with Crippen molar-refractivity contribution in [2.45, 2.75) is 6.04 Å². The van der Waals surface area contributed by atoms with Crippen LogP contribution in [0.2, 0.25) is 0 Å². The molecule has 2 rings (SSSR count). The Hall–Kier alpha value is -0.760. The molecular weight excluding hydrogens is 353 g/mol. The van der Waals surface area contributed by atoms with Crippen LogP contribution in [-0.4, -0.2) is 39.6 Å². The molecule has 1 fully saturated rings. The van der Waals surface area contributed by atoms with Crippen molar-refractivity contribution >= 4 is 46.2 Å². The molecule has 4 nitrogen and oxygen atoms in total. The summed E-state index contributed by atoms with van der Waals surface area (Å²) < 4.78 is 1.05. The standard InChI is InChI=1S/C11H10INO3S/c12-8-3-1-7(2-4-8)10(14)13-6-17-5-9(13)11(15)16/h1-4,9H,5-6H2,(H,15,16). The second-order valence-corrected chi connectivity index (χ2v) is 5.88. The van der Waals surface area contributed by atoms with E-state index in [0.717, 1.165) is 3.57 Å². The van der Waals surface area contributed by atoms with Gasteiger partial charge >= 0.3 is 5.97 Å². The summed E-state index contributed by atoms with van der Waals surface area (Å²) in [5.74, 6) is -0.236. The van der Waals surface area contributed by atoms with E-state index in [0.29, 0.717) is 17.2 Å². The van der Waals surface area contributed by atoms with E-state index in [1.807, 2.05) is 12.1 Å². The summed E-state index contributed by atoms with van der Waals surface area (Å²) in [4.78, 5) is 24.5. The lowest BCUT2D eigenvalue weighted by atomic mass is 10.2. The number of halogens is 1. The van der Waals surface area contributed by atoms with Crippen molar-refractivity contribution in [1.29, 1.82) is 0 Å². The molecule has 1 aliphatic rings. The van der Waals surface area contributed by atoms with Crippen LogP contribution in [0.1, 0.15) is 10.4 Å². The second-order valence-electron chi connectivity index (χ2n) is 3.64. The molecule has 1 amide bonds. The molecule has 17 heavy (non-hydrogen) atoms. The molecule has 1 N–H and O–H groups in total. The van der Waals surface area contributed by atoms with E-state index in [4.69, 9.17) is 5.11 Å². The predicted octanol–water partition coefficient (Wildman–Crippen LogP) is 1.89. The lowest BCUT2D eigenvalue weighted by Crippen LogP contribution is -2.41. The Morgan fingerprint density at radius 2 is 2.00 bits per heavy atom. The highest BCUT2D eigenvalue weighted by molar-refractivity contribution is 14.1. The van der Waals surface area contributed by atoms with Gasteiger partial charge in [0, 0.05) is 14.9 Å². The van der Waals surface area contributed by atoms with Gasteiger partial charge in [0.15, 0.2) is 0 Å². The maximum atomic E-state index is 12.1. The fraction of sp³-hybridized carbons (Fsp3) is 0.273. The average Bonchev–Trinajstić information content (AvgIpc) is 2.78. The van der Waals surface area contributed by atoms with Gasteiger partial charge in [-0.1, -0.05) is 0 Å². The van der Waals surface area contributed by atoms with Crippen molar-refractivity contribution in [3.63, 3.8) is 0 Å². The molecule has 1 aromatic carbocycles. The minimum atomic E-state index is -0.936. The van der Waals surface area contributed by atoms with Crippen molar-refractivity contribution < 1.29 is 14.7 Å². The van der Waals surface area contributed by atoms with E-state index in [1.54, 1.807) is 12.1 Å². The van der Waals surface area contributed by atoms with Crippen LogP contribution in [0.3, 0.4) is 0 Å².